The molecule has 0 aliphatic rings. The number of nitrogens with one attached hydrogen (secondary N) is 1. The number of allylic oxidation sites excluding steroid dienone is 1. The molecule has 24 heavy (non-hydrogen) atoms. The highest BCUT2D eigenvalue weighted by Gasteiger charge is 2.14. The van der Waals surface area contributed by atoms with E-state index in [4.69, 9.17) is 0 Å². The molecule has 0 fully saturated rings. The third kappa shape index (κ3) is 3.72. The second kappa shape index (κ2) is 7.70. The normalized spacial score (nSPS) is 12.2. The van der Waals surface area contributed by atoms with Gasteiger partial charge in [-0.2, -0.15) is 5.26 Å². The van der Waals surface area contributed by atoms with E-state index in [9.17, 15) is 10.4 Å². The van der Waals surface area contributed by atoms with E-state index in [2.05, 4.69) is 27.1 Å². The maximum Gasteiger partial charge on any atom is 0.175 e. The van der Waals surface area contributed by atoms with Gasteiger partial charge in [-0.15, -0.1) is 10.2 Å². The van der Waals surface area contributed by atoms with E-state index in [0.717, 1.165) is 25.5 Å². The summed E-state index contributed by atoms with van der Waals surface area (Å²) in [6, 6.07) is 9.51. The topological polar surface area (TPSA) is 98.5 Å². The number of hydrogen-bond acceptors (Lipinski definition) is 8. The standard InChI is InChI=1S/C15H13N5OS3/c1-2-22-14-19-20-15(24-14)23-8-12(21)9(7-16)13-17-10-5-3-4-6-11(10)18-13/h3-6,21H,2,8H2,1H3,(H,17,18)/b12-9-. The first-order valence-electron chi connectivity index (χ1n) is 7.07. The number of aliphatic hydroxyl groups is 1. The zero-order valence-corrected chi connectivity index (χ0v) is 15.1. The van der Waals surface area contributed by atoms with E-state index < -0.39 is 0 Å². The van der Waals surface area contributed by atoms with Gasteiger partial charge in [-0.05, 0) is 17.9 Å². The molecule has 0 aliphatic carbocycles. The lowest BCUT2D eigenvalue weighted by Gasteiger charge is -2.00. The molecule has 3 aromatic rings. The molecule has 0 bridgehead atoms. The Morgan fingerprint density at radius 1 is 1.29 bits per heavy atom. The van der Waals surface area contributed by atoms with Crippen molar-refractivity contribution < 1.29 is 5.11 Å². The Labute approximate surface area is 151 Å². The summed E-state index contributed by atoms with van der Waals surface area (Å²) in [5.41, 5.74) is 1.73. The number of nitrogens with zero attached hydrogens (tertiary/aromatic N) is 4. The van der Waals surface area contributed by atoms with Crippen molar-refractivity contribution in [1.29, 1.82) is 5.26 Å². The van der Waals surface area contributed by atoms with Gasteiger partial charge in [0.1, 0.15) is 17.4 Å². The molecule has 0 spiro atoms. The van der Waals surface area contributed by atoms with E-state index >= 15 is 0 Å². The molecular weight excluding hydrogens is 362 g/mol. The van der Waals surface area contributed by atoms with Gasteiger partial charge in [0.05, 0.1) is 16.8 Å². The fourth-order valence-electron chi connectivity index (χ4n) is 1.96. The van der Waals surface area contributed by atoms with Crippen molar-refractivity contribution in [2.45, 2.75) is 15.6 Å². The van der Waals surface area contributed by atoms with Gasteiger partial charge in [0.15, 0.2) is 14.5 Å². The van der Waals surface area contributed by atoms with Gasteiger partial charge >= 0.3 is 0 Å². The summed E-state index contributed by atoms with van der Waals surface area (Å²) in [6.45, 7) is 2.06. The van der Waals surface area contributed by atoms with Gasteiger partial charge in [-0.3, -0.25) is 0 Å². The van der Waals surface area contributed by atoms with Gasteiger partial charge in [0, 0.05) is 0 Å². The number of aromatic nitrogens is 4. The Bertz CT molecular complexity index is 891. The lowest BCUT2D eigenvalue weighted by atomic mass is 10.2. The number of hydrogen-bond donors (Lipinski definition) is 2. The Balaban J connectivity index is 1.78. The molecule has 0 atom stereocenters. The fraction of sp³-hybridized carbons (Fsp3) is 0.200. The lowest BCUT2D eigenvalue weighted by Crippen LogP contribution is -1.95. The van der Waals surface area contributed by atoms with Crippen LogP contribution in [0.25, 0.3) is 16.6 Å². The predicted octanol–water partition coefficient (Wildman–Crippen LogP) is 4.11. The number of H-pyrrole nitrogens is 1. The molecule has 2 N–H and O–H groups in total. The van der Waals surface area contributed by atoms with Crippen molar-refractivity contribution in [3.8, 4) is 6.07 Å². The average molecular weight is 376 g/mol. The van der Waals surface area contributed by atoms with Crippen LogP contribution < -0.4 is 0 Å². The van der Waals surface area contributed by atoms with Crippen LogP contribution >= 0.6 is 34.9 Å². The Kier molecular flexibility index (Phi) is 5.40. The number of rotatable bonds is 6. The molecule has 2 heterocycles. The molecule has 0 amide bonds. The van der Waals surface area contributed by atoms with Gasteiger partial charge < -0.3 is 10.1 Å². The first kappa shape index (κ1) is 16.8. The summed E-state index contributed by atoms with van der Waals surface area (Å²) in [5.74, 6) is 1.53. The van der Waals surface area contributed by atoms with Crippen molar-refractivity contribution >= 4 is 51.5 Å². The Morgan fingerprint density at radius 3 is 2.75 bits per heavy atom. The molecule has 0 unspecified atom stereocenters. The van der Waals surface area contributed by atoms with Crippen LogP contribution in [-0.4, -0.2) is 36.8 Å². The third-order valence-electron chi connectivity index (χ3n) is 3.01. The smallest absolute Gasteiger partial charge is 0.175 e. The minimum Gasteiger partial charge on any atom is -0.510 e. The van der Waals surface area contributed by atoms with E-state index in [-0.39, 0.29) is 17.1 Å². The van der Waals surface area contributed by atoms with Gasteiger partial charge in [-0.1, -0.05) is 53.9 Å². The summed E-state index contributed by atoms with van der Waals surface area (Å²) in [5, 5.41) is 27.8. The molecular formula is C15H13N5OS3. The number of thioether (sulfide) groups is 2. The van der Waals surface area contributed by atoms with E-state index in [0.29, 0.717) is 5.82 Å². The molecule has 3 rings (SSSR count). The third-order valence-corrected chi connectivity index (χ3v) is 6.10. The van der Waals surface area contributed by atoms with E-state index in [1.54, 1.807) is 11.8 Å². The molecule has 9 heteroatoms. The number of para-hydroxylation sites is 2. The molecule has 6 nitrogen and oxygen atoms in total. The highest BCUT2D eigenvalue weighted by molar-refractivity contribution is 8.03. The van der Waals surface area contributed by atoms with Crippen LogP contribution in [0, 0.1) is 11.3 Å². The number of benzene rings is 1. The second-order valence-corrected chi connectivity index (χ2v) is 8.30. The van der Waals surface area contributed by atoms with Crippen LogP contribution in [0.4, 0.5) is 0 Å². The zero-order chi connectivity index (χ0) is 16.9. The van der Waals surface area contributed by atoms with Crippen LogP contribution in [0.15, 0.2) is 38.7 Å². The summed E-state index contributed by atoms with van der Waals surface area (Å²) in [6.07, 6.45) is 0. The van der Waals surface area contributed by atoms with Gasteiger partial charge in [0.2, 0.25) is 0 Å². The number of nitriles is 1. The van der Waals surface area contributed by atoms with Crippen molar-refractivity contribution in [3.63, 3.8) is 0 Å². The molecule has 1 aromatic carbocycles. The molecule has 0 saturated carbocycles. The van der Waals surface area contributed by atoms with Gasteiger partial charge in [0.25, 0.3) is 0 Å². The first-order valence-corrected chi connectivity index (χ1v) is 9.86. The van der Waals surface area contributed by atoms with Crippen molar-refractivity contribution in [3.05, 3.63) is 35.8 Å². The van der Waals surface area contributed by atoms with E-state index in [1.807, 2.05) is 30.3 Å². The maximum atomic E-state index is 10.3. The number of aliphatic hydroxyl groups excluding tert-OH is 1. The minimum absolute atomic E-state index is 0.0264. The second-order valence-electron chi connectivity index (χ2n) is 4.59. The minimum atomic E-state index is -0.0264. The van der Waals surface area contributed by atoms with Crippen LogP contribution in [0.1, 0.15) is 12.7 Å². The van der Waals surface area contributed by atoms with Crippen LogP contribution in [0.2, 0.25) is 0 Å². The molecule has 2 aromatic heterocycles. The SMILES string of the molecule is CCSc1nnc(SC/C(O)=C(\C#N)c2nc3ccccc3[nH]2)s1. The monoisotopic (exact) mass is 375 g/mol. The predicted molar refractivity (Wildman–Crippen MR) is 98.3 cm³/mol. The summed E-state index contributed by atoms with van der Waals surface area (Å²) >= 11 is 4.46. The number of imidazole rings is 1. The fourth-order valence-corrected chi connectivity index (χ4v) is 4.76. The van der Waals surface area contributed by atoms with Crippen LogP contribution in [0.5, 0.6) is 0 Å². The molecule has 0 saturated heterocycles. The largest absolute Gasteiger partial charge is 0.510 e. The van der Waals surface area contributed by atoms with E-state index in [1.165, 1.54) is 23.1 Å². The van der Waals surface area contributed by atoms with Gasteiger partial charge in [-0.25, -0.2) is 4.98 Å². The number of aromatic amines is 1. The summed E-state index contributed by atoms with van der Waals surface area (Å²) in [4.78, 5) is 7.41. The lowest BCUT2D eigenvalue weighted by molar-refractivity contribution is 0.420. The molecule has 0 radical (unpaired) electrons. The maximum absolute atomic E-state index is 10.3. The average Bonchev–Trinajstić information content (AvgIpc) is 3.20. The molecule has 0 aliphatic heterocycles. The van der Waals surface area contributed by atoms with Crippen molar-refractivity contribution in [1.82, 2.24) is 20.2 Å². The Morgan fingerprint density at radius 2 is 2.04 bits per heavy atom. The van der Waals surface area contributed by atoms with Crippen LogP contribution in [-0.2, 0) is 0 Å². The van der Waals surface area contributed by atoms with Crippen LogP contribution in [0.3, 0.4) is 0 Å². The highest BCUT2D eigenvalue weighted by Crippen LogP contribution is 2.30. The first-order chi connectivity index (χ1) is 11.7. The van der Waals surface area contributed by atoms with Crippen molar-refractivity contribution in [2.24, 2.45) is 0 Å². The summed E-state index contributed by atoms with van der Waals surface area (Å²) in [7, 11) is 0. The Hall–Kier alpha value is -2.02. The molecule has 122 valence electrons. The summed E-state index contributed by atoms with van der Waals surface area (Å²) < 4.78 is 1.67. The van der Waals surface area contributed by atoms with Crippen molar-refractivity contribution in [2.75, 3.05) is 11.5 Å². The zero-order valence-electron chi connectivity index (χ0n) is 12.7. The highest BCUT2D eigenvalue weighted by atomic mass is 32.2. The quantitative estimate of drug-likeness (QED) is 0.380. The number of fused-ring (bicyclic) bond motifs is 1.